The third-order valence-corrected chi connectivity index (χ3v) is 3.88. The van der Waals surface area contributed by atoms with Gasteiger partial charge in [0.05, 0.1) is 12.7 Å². The molecular formula is C18H12O2. The average molecular weight is 260 g/mol. The number of benzene rings is 2. The van der Waals surface area contributed by atoms with Gasteiger partial charge in [0.2, 0.25) is 0 Å². The predicted molar refractivity (Wildman–Crippen MR) is 81.0 cm³/mol. The quantitative estimate of drug-likeness (QED) is 0.774. The first-order valence-electron chi connectivity index (χ1n) is 6.55. The van der Waals surface area contributed by atoms with Crippen molar-refractivity contribution in [1.29, 1.82) is 0 Å². The Morgan fingerprint density at radius 2 is 1.70 bits per heavy atom. The lowest BCUT2D eigenvalue weighted by atomic mass is 9.92. The average Bonchev–Trinajstić information content (AvgIpc) is 2.67. The van der Waals surface area contributed by atoms with Crippen molar-refractivity contribution in [2.45, 2.75) is 0 Å². The maximum absolute atomic E-state index is 12.3. The van der Waals surface area contributed by atoms with Crippen molar-refractivity contribution in [2.75, 3.05) is 7.11 Å². The van der Waals surface area contributed by atoms with Crippen molar-refractivity contribution in [3.8, 4) is 5.75 Å². The molecule has 0 aliphatic heterocycles. The van der Waals surface area contributed by atoms with Gasteiger partial charge in [-0.25, -0.2) is 0 Å². The number of allylic oxidation sites excluding steroid dienone is 5. The molecular weight excluding hydrogens is 248 g/mol. The largest absolute Gasteiger partial charge is 0.495 e. The molecule has 20 heavy (non-hydrogen) atoms. The van der Waals surface area contributed by atoms with Crippen LogP contribution in [0.15, 0.2) is 48.6 Å². The van der Waals surface area contributed by atoms with Gasteiger partial charge in [0.15, 0.2) is 5.78 Å². The second-order valence-electron chi connectivity index (χ2n) is 4.92. The number of carbonyl (C=O) groups excluding carboxylic acids is 1. The highest BCUT2D eigenvalue weighted by molar-refractivity contribution is 6.24. The van der Waals surface area contributed by atoms with Crippen molar-refractivity contribution < 1.29 is 9.53 Å². The second kappa shape index (κ2) is 3.94. The van der Waals surface area contributed by atoms with Crippen LogP contribution in [0.25, 0.3) is 22.4 Å². The van der Waals surface area contributed by atoms with E-state index in [0.717, 1.165) is 27.5 Å². The molecule has 0 N–H and O–H groups in total. The van der Waals surface area contributed by atoms with Gasteiger partial charge >= 0.3 is 0 Å². The zero-order chi connectivity index (χ0) is 13.7. The third-order valence-electron chi connectivity index (χ3n) is 3.88. The van der Waals surface area contributed by atoms with Crippen LogP contribution in [0.2, 0.25) is 0 Å². The fourth-order valence-electron chi connectivity index (χ4n) is 3.08. The zero-order valence-corrected chi connectivity index (χ0v) is 11.0. The van der Waals surface area contributed by atoms with Gasteiger partial charge < -0.3 is 4.74 Å². The second-order valence-corrected chi connectivity index (χ2v) is 4.92. The van der Waals surface area contributed by atoms with E-state index >= 15 is 0 Å². The standard InChI is InChI=1S/C18H12O2/c1-20-18-14-9-5-4-7-12(14)13-8-3-2-6-11-10-15(19)17(18)16(11)13/h2-10H,1H3. The Kier molecular flexibility index (Phi) is 2.21. The fourth-order valence-corrected chi connectivity index (χ4v) is 3.08. The number of fused-ring (bicyclic) bond motifs is 2. The van der Waals surface area contributed by atoms with E-state index in [1.165, 1.54) is 0 Å². The van der Waals surface area contributed by atoms with Crippen LogP contribution in [0.5, 0.6) is 5.75 Å². The summed E-state index contributed by atoms with van der Waals surface area (Å²) in [5, 5.41) is 2.10. The Bertz CT molecular complexity index is 851. The highest BCUT2D eigenvalue weighted by atomic mass is 16.5. The molecule has 0 aromatic heterocycles. The lowest BCUT2D eigenvalue weighted by Crippen LogP contribution is -2.01. The summed E-state index contributed by atoms with van der Waals surface area (Å²) in [6, 6.07) is 8.05. The first kappa shape index (κ1) is 11.2. The number of carbonyl (C=O) groups is 1. The number of rotatable bonds is 1. The minimum atomic E-state index is 0.0267. The molecule has 2 aromatic rings. The third kappa shape index (κ3) is 1.31. The summed E-state index contributed by atoms with van der Waals surface area (Å²) in [5.74, 6) is 0.707. The molecule has 2 aliphatic carbocycles. The molecule has 96 valence electrons. The van der Waals surface area contributed by atoms with Crippen LogP contribution in [0.3, 0.4) is 0 Å². The number of hydrogen-bond acceptors (Lipinski definition) is 2. The molecule has 0 heterocycles. The number of ketones is 1. The van der Waals surface area contributed by atoms with E-state index in [1.807, 2.05) is 36.4 Å². The van der Waals surface area contributed by atoms with Crippen LogP contribution in [0, 0.1) is 0 Å². The Morgan fingerprint density at radius 3 is 2.50 bits per heavy atom. The van der Waals surface area contributed by atoms with Crippen LogP contribution in [0.1, 0.15) is 21.5 Å². The summed E-state index contributed by atoms with van der Waals surface area (Å²) in [5.41, 5.74) is 3.75. The van der Waals surface area contributed by atoms with E-state index in [-0.39, 0.29) is 5.78 Å². The number of hydrogen-bond donors (Lipinski definition) is 0. The van der Waals surface area contributed by atoms with Gasteiger partial charge in [-0.05, 0) is 22.6 Å². The van der Waals surface area contributed by atoms with Gasteiger partial charge in [-0.1, -0.05) is 48.6 Å². The summed E-state index contributed by atoms with van der Waals surface area (Å²) < 4.78 is 5.55. The van der Waals surface area contributed by atoms with Crippen molar-refractivity contribution in [2.24, 2.45) is 0 Å². The number of methoxy groups -OCH3 is 1. The highest BCUT2D eigenvalue weighted by Crippen LogP contribution is 2.44. The minimum absolute atomic E-state index is 0.0267. The van der Waals surface area contributed by atoms with Crippen LogP contribution < -0.4 is 4.74 Å². The van der Waals surface area contributed by atoms with Gasteiger partial charge in [-0.15, -0.1) is 0 Å². The minimum Gasteiger partial charge on any atom is -0.495 e. The predicted octanol–water partition coefficient (Wildman–Crippen LogP) is 4.01. The molecule has 0 bridgehead atoms. The van der Waals surface area contributed by atoms with E-state index in [9.17, 15) is 4.79 Å². The summed E-state index contributed by atoms with van der Waals surface area (Å²) in [4.78, 5) is 12.3. The van der Waals surface area contributed by atoms with E-state index < -0.39 is 0 Å². The van der Waals surface area contributed by atoms with Crippen LogP contribution >= 0.6 is 0 Å². The van der Waals surface area contributed by atoms with E-state index in [2.05, 4.69) is 12.1 Å². The maximum Gasteiger partial charge on any atom is 0.190 e. The molecule has 2 heteroatoms. The maximum atomic E-state index is 12.3. The molecule has 0 atom stereocenters. The lowest BCUT2D eigenvalue weighted by Gasteiger charge is -2.15. The topological polar surface area (TPSA) is 26.3 Å². The molecule has 0 saturated carbocycles. The first-order valence-corrected chi connectivity index (χ1v) is 6.55. The summed E-state index contributed by atoms with van der Waals surface area (Å²) in [7, 11) is 1.62. The molecule has 2 aliphatic rings. The van der Waals surface area contributed by atoms with Crippen LogP contribution in [-0.2, 0) is 0 Å². The molecule has 2 nitrogen and oxygen atoms in total. The van der Waals surface area contributed by atoms with Gasteiger partial charge in [-0.3, -0.25) is 4.79 Å². The summed E-state index contributed by atoms with van der Waals surface area (Å²) in [6.07, 6.45) is 9.72. The Morgan fingerprint density at radius 1 is 0.950 bits per heavy atom. The molecule has 0 saturated heterocycles. The van der Waals surface area contributed by atoms with E-state index in [4.69, 9.17) is 4.74 Å². The van der Waals surface area contributed by atoms with Crippen molar-refractivity contribution in [3.05, 3.63) is 65.3 Å². The molecule has 0 amide bonds. The van der Waals surface area contributed by atoms with E-state index in [1.54, 1.807) is 13.2 Å². The SMILES string of the molecule is COc1c2c3c(c4ccccc14)C=CC=CC3=CC2=O. The van der Waals surface area contributed by atoms with Crippen LogP contribution in [-0.4, -0.2) is 12.9 Å². The summed E-state index contributed by atoms with van der Waals surface area (Å²) >= 11 is 0. The molecule has 2 aromatic carbocycles. The van der Waals surface area contributed by atoms with Crippen molar-refractivity contribution in [3.63, 3.8) is 0 Å². The normalized spacial score (nSPS) is 15.2. The Labute approximate surface area is 116 Å². The van der Waals surface area contributed by atoms with Gasteiger partial charge in [0.25, 0.3) is 0 Å². The molecule has 4 rings (SSSR count). The smallest absolute Gasteiger partial charge is 0.190 e. The first-order chi connectivity index (χ1) is 9.81. The van der Waals surface area contributed by atoms with Crippen molar-refractivity contribution >= 4 is 28.2 Å². The summed E-state index contributed by atoms with van der Waals surface area (Å²) in [6.45, 7) is 0. The molecule has 0 radical (unpaired) electrons. The molecule has 0 fully saturated rings. The zero-order valence-electron chi connectivity index (χ0n) is 11.0. The Balaban J connectivity index is 2.28. The fraction of sp³-hybridized carbons (Fsp3) is 0.0556. The van der Waals surface area contributed by atoms with Crippen molar-refractivity contribution in [1.82, 2.24) is 0 Å². The number of ether oxygens (including phenoxy) is 1. The monoisotopic (exact) mass is 260 g/mol. The van der Waals surface area contributed by atoms with Gasteiger partial charge in [0.1, 0.15) is 5.75 Å². The van der Waals surface area contributed by atoms with E-state index in [0.29, 0.717) is 11.3 Å². The lowest BCUT2D eigenvalue weighted by molar-refractivity contribution is 0.104. The highest BCUT2D eigenvalue weighted by Gasteiger charge is 2.29. The molecule has 0 unspecified atom stereocenters. The van der Waals surface area contributed by atoms with Gasteiger partial charge in [-0.2, -0.15) is 0 Å². The van der Waals surface area contributed by atoms with Gasteiger partial charge in [0, 0.05) is 10.9 Å². The van der Waals surface area contributed by atoms with Crippen LogP contribution in [0.4, 0.5) is 0 Å². The molecule has 0 spiro atoms. The Hall–Kier alpha value is -2.61.